The largest absolute Gasteiger partial charge is 0.383 e. The van der Waals surface area contributed by atoms with E-state index >= 15 is 0 Å². The van der Waals surface area contributed by atoms with Crippen molar-refractivity contribution in [3.8, 4) is 0 Å². The number of nitrogens with one attached hydrogen (secondary N) is 1. The lowest BCUT2D eigenvalue weighted by Gasteiger charge is -2.30. The molecule has 1 aromatic carbocycles. The summed E-state index contributed by atoms with van der Waals surface area (Å²) in [6, 6.07) is 9.30. The molecule has 0 saturated heterocycles. The minimum Gasteiger partial charge on any atom is -0.383 e. The van der Waals surface area contributed by atoms with Gasteiger partial charge in [0.25, 0.3) is 0 Å². The molecule has 0 amide bonds. The third-order valence-corrected chi connectivity index (χ3v) is 5.33. The number of rotatable bonds is 6. The van der Waals surface area contributed by atoms with Crippen LogP contribution in [0.2, 0.25) is 5.02 Å². The Hall–Kier alpha value is -0.220. The molecule has 0 bridgehead atoms. The van der Waals surface area contributed by atoms with E-state index in [1.54, 1.807) is 7.11 Å². The molecule has 1 saturated carbocycles. The first-order valence-corrected chi connectivity index (χ1v) is 8.60. The minimum absolute atomic E-state index is 0.450. The molecule has 0 heterocycles. The highest BCUT2D eigenvalue weighted by Crippen LogP contribution is 2.34. The molecule has 1 aliphatic carbocycles. The second kappa shape index (κ2) is 8.28. The van der Waals surface area contributed by atoms with Crippen molar-refractivity contribution in [2.24, 2.45) is 0 Å². The molecule has 2 rings (SSSR count). The van der Waals surface area contributed by atoms with Crippen LogP contribution in [0.3, 0.4) is 0 Å². The first-order valence-electron chi connectivity index (χ1n) is 7.34. The van der Waals surface area contributed by atoms with E-state index in [0.717, 1.165) is 16.9 Å². The third kappa shape index (κ3) is 5.28. The third-order valence-electron chi connectivity index (χ3n) is 3.73. The van der Waals surface area contributed by atoms with Crippen LogP contribution in [0.25, 0.3) is 0 Å². The Morgan fingerprint density at radius 2 is 1.90 bits per heavy atom. The fourth-order valence-corrected chi connectivity index (χ4v) is 4.07. The van der Waals surface area contributed by atoms with Crippen molar-refractivity contribution >= 4 is 23.4 Å². The van der Waals surface area contributed by atoms with E-state index in [1.807, 2.05) is 23.9 Å². The van der Waals surface area contributed by atoms with Gasteiger partial charge >= 0.3 is 0 Å². The number of thioether (sulfide) groups is 1. The summed E-state index contributed by atoms with van der Waals surface area (Å²) in [4.78, 5) is 1.33. The van der Waals surface area contributed by atoms with E-state index in [-0.39, 0.29) is 0 Å². The molecule has 0 spiro atoms. The maximum Gasteiger partial charge on any atom is 0.0613 e. The molecule has 4 heteroatoms. The fourth-order valence-electron chi connectivity index (χ4n) is 2.75. The Balaban J connectivity index is 1.72. The van der Waals surface area contributed by atoms with Gasteiger partial charge in [-0.3, -0.25) is 0 Å². The van der Waals surface area contributed by atoms with E-state index in [0.29, 0.717) is 12.1 Å². The predicted molar refractivity (Wildman–Crippen MR) is 87.8 cm³/mol. The van der Waals surface area contributed by atoms with E-state index in [4.69, 9.17) is 16.3 Å². The standard InChI is InChI=1S/C16H24ClNOS/c1-12(11-19-2)18-14-5-9-16(10-6-14)20-15-7-3-13(17)4-8-15/h3-4,7-8,12,14,16,18H,5-6,9-11H2,1-2H3. The van der Waals surface area contributed by atoms with E-state index in [1.165, 1.54) is 30.6 Å². The quantitative estimate of drug-likeness (QED) is 0.842. The topological polar surface area (TPSA) is 21.3 Å². The number of hydrogen-bond acceptors (Lipinski definition) is 3. The van der Waals surface area contributed by atoms with Crippen molar-refractivity contribution in [2.45, 2.75) is 54.8 Å². The number of halogens is 1. The first kappa shape index (κ1) is 16.2. The fraction of sp³-hybridized carbons (Fsp3) is 0.625. The van der Waals surface area contributed by atoms with Gasteiger partial charge in [0, 0.05) is 34.4 Å². The zero-order valence-electron chi connectivity index (χ0n) is 12.3. The van der Waals surface area contributed by atoms with Crippen molar-refractivity contribution in [1.82, 2.24) is 5.32 Å². The maximum absolute atomic E-state index is 5.92. The summed E-state index contributed by atoms with van der Waals surface area (Å²) in [7, 11) is 1.76. The van der Waals surface area contributed by atoms with Crippen LogP contribution < -0.4 is 5.32 Å². The molecule has 1 fully saturated rings. The Morgan fingerprint density at radius 1 is 1.25 bits per heavy atom. The molecule has 1 aromatic rings. The van der Waals surface area contributed by atoms with Crippen LogP contribution in [0.15, 0.2) is 29.2 Å². The highest BCUT2D eigenvalue weighted by molar-refractivity contribution is 8.00. The summed E-state index contributed by atoms with van der Waals surface area (Å²) in [6.45, 7) is 2.98. The zero-order valence-corrected chi connectivity index (χ0v) is 13.8. The Kier molecular flexibility index (Phi) is 6.69. The van der Waals surface area contributed by atoms with Gasteiger partial charge in [-0.05, 0) is 56.9 Å². The number of hydrogen-bond donors (Lipinski definition) is 1. The van der Waals surface area contributed by atoms with E-state index in [2.05, 4.69) is 24.4 Å². The van der Waals surface area contributed by atoms with E-state index < -0.39 is 0 Å². The summed E-state index contributed by atoms with van der Waals surface area (Å²) in [5, 5.41) is 5.22. The average molecular weight is 314 g/mol. The van der Waals surface area contributed by atoms with Gasteiger partial charge in [0.05, 0.1) is 6.61 Å². The molecule has 112 valence electrons. The van der Waals surface area contributed by atoms with Crippen molar-refractivity contribution in [1.29, 1.82) is 0 Å². The molecule has 1 atom stereocenters. The van der Waals surface area contributed by atoms with Crippen LogP contribution in [0.5, 0.6) is 0 Å². The zero-order chi connectivity index (χ0) is 14.4. The molecule has 0 radical (unpaired) electrons. The van der Waals surface area contributed by atoms with Crippen LogP contribution in [-0.4, -0.2) is 31.1 Å². The van der Waals surface area contributed by atoms with E-state index in [9.17, 15) is 0 Å². The number of methoxy groups -OCH3 is 1. The molecule has 0 aromatic heterocycles. The van der Waals surface area contributed by atoms with Crippen molar-refractivity contribution in [3.05, 3.63) is 29.3 Å². The summed E-state index contributed by atoms with van der Waals surface area (Å²) in [6.07, 6.45) is 5.09. The van der Waals surface area contributed by atoms with Gasteiger partial charge < -0.3 is 10.1 Å². The average Bonchev–Trinajstić information content (AvgIpc) is 2.44. The second-order valence-electron chi connectivity index (χ2n) is 5.57. The van der Waals surface area contributed by atoms with Crippen LogP contribution in [0.4, 0.5) is 0 Å². The van der Waals surface area contributed by atoms with Gasteiger partial charge in [-0.2, -0.15) is 0 Å². The molecular weight excluding hydrogens is 290 g/mol. The SMILES string of the molecule is COCC(C)NC1CCC(Sc2ccc(Cl)cc2)CC1. The van der Waals surface area contributed by atoms with Gasteiger partial charge in [0.15, 0.2) is 0 Å². The Labute approximate surface area is 131 Å². The highest BCUT2D eigenvalue weighted by Gasteiger charge is 2.22. The molecule has 0 aliphatic heterocycles. The van der Waals surface area contributed by atoms with Gasteiger partial charge in [0.1, 0.15) is 0 Å². The van der Waals surface area contributed by atoms with Crippen LogP contribution >= 0.6 is 23.4 Å². The van der Waals surface area contributed by atoms with Gasteiger partial charge in [-0.25, -0.2) is 0 Å². The van der Waals surface area contributed by atoms with Gasteiger partial charge in [-0.15, -0.1) is 11.8 Å². The smallest absolute Gasteiger partial charge is 0.0613 e. The van der Waals surface area contributed by atoms with Gasteiger partial charge in [-0.1, -0.05) is 11.6 Å². The summed E-state index contributed by atoms with van der Waals surface area (Å²) >= 11 is 7.91. The molecule has 1 N–H and O–H groups in total. The van der Waals surface area contributed by atoms with Crippen LogP contribution in [-0.2, 0) is 4.74 Å². The lowest BCUT2D eigenvalue weighted by Crippen LogP contribution is -2.41. The van der Waals surface area contributed by atoms with Crippen molar-refractivity contribution < 1.29 is 4.74 Å². The summed E-state index contributed by atoms with van der Waals surface area (Å²) in [5.41, 5.74) is 0. The predicted octanol–water partition coefficient (Wildman–Crippen LogP) is 4.37. The minimum atomic E-state index is 0.450. The lowest BCUT2D eigenvalue weighted by molar-refractivity contribution is 0.162. The molecule has 2 nitrogen and oxygen atoms in total. The molecule has 1 unspecified atom stereocenters. The molecule has 1 aliphatic rings. The summed E-state index contributed by atoms with van der Waals surface area (Å²) in [5.74, 6) is 0. The number of ether oxygens (including phenoxy) is 1. The highest BCUT2D eigenvalue weighted by atomic mass is 35.5. The van der Waals surface area contributed by atoms with Crippen molar-refractivity contribution in [2.75, 3.05) is 13.7 Å². The maximum atomic E-state index is 5.92. The Morgan fingerprint density at radius 3 is 2.50 bits per heavy atom. The number of benzene rings is 1. The summed E-state index contributed by atoms with van der Waals surface area (Å²) < 4.78 is 5.18. The lowest BCUT2D eigenvalue weighted by atomic mass is 9.94. The monoisotopic (exact) mass is 313 g/mol. The first-order chi connectivity index (χ1) is 9.67. The van der Waals surface area contributed by atoms with Gasteiger partial charge in [0.2, 0.25) is 0 Å². The van der Waals surface area contributed by atoms with Crippen LogP contribution in [0.1, 0.15) is 32.6 Å². The molecule has 20 heavy (non-hydrogen) atoms. The van der Waals surface area contributed by atoms with Crippen molar-refractivity contribution in [3.63, 3.8) is 0 Å². The second-order valence-corrected chi connectivity index (χ2v) is 7.38. The molecular formula is C16H24ClNOS. The Bertz CT molecular complexity index is 390. The normalized spacial score (nSPS) is 24.6. The van der Waals surface area contributed by atoms with Crippen LogP contribution in [0, 0.1) is 0 Å².